The monoisotopic (exact) mass is 256 g/mol. The first-order valence-corrected chi connectivity index (χ1v) is 6.51. The maximum atomic E-state index is 12.4. The topological polar surface area (TPSA) is 46.5 Å². The number of carbonyl (C=O) groups is 1. The Kier molecular flexibility index (Phi) is 6.08. The quantitative estimate of drug-likeness (QED) is 0.607. The van der Waals surface area contributed by atoms with E-state index < -0.39 is 10.8 Å². The summed E-state index contributed by atoms with van der Waals surface area (Å²) in [5.74, 6) is -0.0515. The molecule has 0 aliphatic carbocycles. The van der Waals surface area contributed by atoms with Gasteiger partial charge in [0.25, 0.3) is 0 Å². The lowest BCUT2D eigenvalue weighted by molar-refractivity contribution is -0.163. The van der Waals surface area contributed by atoms with Gasteiger partial charge in [-0.1, -0.05) is 46.3 Å². The van der Waals surface area contributed by atoms with Crippen LogP contribution >= 0.6 is 0 Å². The standard InChI is InChI=1S/C15H28O3/c1-11(2)8-15(10-16,14(5,6)7)13(17)18-9-12(3)4/h8,12,16H,9-10H2,1-7H3. The molecular weight excluding hydrogens is 228 g/mol. The first-order chi connectivity index (χ1) is 8.06. The van der Waals surface area contributed by atoms with Crippen LogP contribution in [-0.2, 0) is 9.53 Å². The summed E-state index contributed by atoms with van der Waals surface area (Å²) in [6.45, 7) is 13.8. The molecule has 0 heterocycles. The van der Waals surface area contributed by atoms with Crippen molar-refractivity contribution in [1.82, 2.24) is 0 Å². The predicted molar refractivity (Wildman–Crippen MR) is 74.2 cm³/mol. The van der Waals surface area contributed by atoms with Crippen LogP contribution < -0.4 is 0 Å². The first-order valence-electron chi connectivity index (χ1n) is 6.51. The Morgan fingerprint density at radius 3 is 2.06 bits per heavy atom. The highest BCUT2D eigenvalue weighted by Crippen LogP contribution is 2.41. The second-order valence-corrected chi connectivity index (χ2v) is 6.59. The predicted octanol–water partition coefficient (Wildman–Crippen LogP) is 3.18. The molecule has 0 aromatic heterocycles. The van der Waals surface area contributed by atoms with Crippen molar-refractivity contribution >= 4 is 5.97 Å². The summed E-state index contributed by atoms with van der Waals surface area (Å²) >= 11 is 0. The zero-order chi connectivity index (χ0) is 14.6. The Balaban J connectivity index is 5.33. The minimum Gasteiger partial charge on any atom is -0.465 e. The molecule has 1 unspecified atom stereocenters. The van der Waals surface area contributed by atoms with Gasteiger partial charge in [0, 0.05) is 0 Å². The summed E-state index contributed by atoms with van der Waals surface area (Å²) in [6, 6.07) is 0. The number of esters is 1. The molecule has 1 atom stereocenters. The third-order valence-corrected chi connectivity index (χ3v) is 3.03. The number of ether oxygens (including phenoxy) is 1. The summed E-state index contributed by atoms with van der Waals surface area (Å²) < 4.78 is 5.34. The van der Waals surface area contributed by atoms with Crippen LogP contribution in [0.4, 0.5) is 0 Å². The summed E-state index contributed by atoms with van der Waals surface area (Å²) in [4.78, 5) is 12.4. The fraction of sp³-hybridized carbons (Fsp3) is 0.800. The first kappa shape index (κ1) is 17.2. The second-order valence-electron chi connectivity index (χ2n) is 6.59. The molecule has 0 amide bonds. The van der Waals surface area contributed by atoms with Gasteiger partial charge in [0.1, 0.15) is 5.41 Å². The molecule has 0 spiro atoms. The van der Waals surface area contributed by atoms with E-state index in [0.29, 0.717) is 6.61 Å². The minimum absolute atomic E-state index is 0.237. The highest BCUT2D eigenvalue weighted by Gasteiger charge is 2.47. The van der Waals surface area contributed by atoms with E-state index >= 15 is 0 Å². The molecule has 0 saturated carbocycles. The number of aliphatic hydroxyl groups is 1. The van der Waals surface area contributed by atoms with Gasteiger partial charge in [-0.05, 0) is 25.2 Å². The second kappa shape index (κ2) is 6.37. The Bertz CT molecular complexity index is 306. The SMILES string of the molecule is CC(C)=CC(CO)(C(=O)OCC(C)C)C(C)(C)C. The average molecular weight is 256 g/mol. The summed E-state index contributed by atoms with van der Waals surface area (Å²) in [5, 5.41) is 9.75. The molecule has 0 aromatic rings. The van der Waals surface area contributed by atoms with Gasteiger partial charge in [-0.15, -0.1) is 0 Å². The highest BCUT2D eigenvalue weighted by atomic mass is 16.5. The van der Waals surface area contributed by atoms with Crippen LogP contribution in [0.5, 0.6) is 0 Å². The van der Waals surface area contributed by atoms with Crippen molar-refractivity contribution in [2.24, 2.45) is 16.7 Å². The van der Waals surface area contributed by atoms with Gasteiger partial charge < -0.3 is 9.84 Å². The Morgan fingerprint density at radius 2 is 1.78 bits per heavy atom. The lowest BCUT2D eigenvalue weighted by atomic mass is 9.66. The summed E-state index contributed by atoms with van der Waals surface area (Å²) in [6.07, 6.45) is 1.83. The van der Waals surface area contributed by atoms with Crippen LogP contribution in [0.3, 0.4) is 0 Å². The van der Waals surface area contributed by atoms with Crippen LogP contribution in [0.1, 0.15) is 48.5 Å². The van der Waals surface area contributed by atoms with Crippen molar-refractivity contribution in [2.45, 2.75) is 48.5 Å². The smallest absolute Gasteiger partial charge is 0.318 e. The van der Waals surface area contributed by atoms with E-state index in [-0.39, 0.29) is 18.5 Å². The highest BCUT2D eigenvalue weighted by molar-refractivity contribution is 5.80. The van der Waals surface area contributed by atoms with E-state index in [9.17, 15) is 9.90 Å². The van der Waals surface area contributed by atoms with E-state index in [4.69, 9.17) is 4.74 Å². The third-order valence-electron chi connectivity index (χ3n) is 3.03. The average Bonchev–Trinajstić information content (AvgIpc) is 2.20. The molecule has 3 nitrogen and oxygen atoms in total. The fourth-order valence-electron chi connectivity index (χ4n) is 1.79. The van der Waals surface area contributed by atoms with Crippen LogP contribution in [0.25, 0.3) is 0 Å². The normalized spacial score (nSPS) is 15.2. The van der Waals surface area contributed by atoms with Gasteiger partial charge in [-0.3, -0.25) is 4.79 Å². The zero-order valence-corrected chi connectivity index (χ0v) is 12.8. The maximum Gasteiger partial charge on any atom is 0.318 e. The lowest BCUT2D eigenvalue weighted by Crippen LogP contribution is -2.46. The molecule has 0 fully saturated rings. The summed E-state index contributed by atoms with van der Waals surface area (Å²) in [5.41, 5.74) is -0.367. The molecule has 0 aliphatic rings. The van der Waals surface area contributed by atoms with Crippen LogP contribution in [-0.4, -0.2) is 24.3 Å². The molecular formula is C15H28O3. The maximum absolute atomic E-state index is 12.4. The van der Waals surface area contributed by atoms with Crippen LogP contribution in [0.15, 0.2) is 11.6 Å². The van der Waals surface area contributed by atoms with Gasteiger partial charge in [-0.2, -0.15) is 0 Å². The van der Waals surface area contributed by atoms with Gasteiger partial charge >= 0.3 is 5.97 Å². The van der Waals surface area contributed by atoms with Crippen molar-refractivity contribution < 1.29 is 14.6 Å². The Morgan fingerprint density at radius 1 is 1.28 bits per heavy atom. The van der Waals surface area contributed by atoms with Crippen molar-refractivity contribution in [1.29, 1.82) is 0 Å². The molecule has 106 valence electrons. The molecule has 3 heteroatoms. The van der Waals surface area contributed by atoms with Crippen LogP contribution in [0.2, 0.25) is 0 Å². The molecule has 0 bridgehead atoms. The number of carbonyl (C=O) groups excluding carboxylic acids is 1. The molecule has 0 rings (SSSR count). The zero-order valence-electron chi connectivity index (χ0n) is 12.8. The number of hydrogen-bond acceptors (Lipinski definition) is 3. The molecule has 18 heavy (non-hydrogen) atoms. The van der Waals surface area contributed by atoms with Crippen molar-refractivity contribution in [2.75, 3.05) is 13.2 Å². The number of aliphatic hydroxyl groups excluding tert-OH is 1. The number of hydrogen-bond donors (Lipinski definition) is 1. The van der Waals surface area contributed by atoms with Crippen molar-refractivity contribution in [3.8, 4) is 0 Å². The number of allylic oxidation sites excluding steroid dienone is 1. The molecule has 0 saturated heterocycles. The van der Waals surface area contributed by atoms with Gasteiger partial charge in [-0.25, -0.2) is 0 Å². The Hall–Kier alpha value is -0.830. The number of rotatable bonds is 5. The van der Waals surface area contributed by atoms with E-state index in [0.717, 1.165) is 5.57 Å². The molecule has 0 aliphatic heterocycles. The molecule has 1 N–H and O–H groups in total. The van der Waals surface area contributed by atoms with Gasteiger partial charge in [0.2, 0.25) is 0 Å². The molecule has 0 radical (unpaired) electrons. The van der Waals surface area contributed by atoms with Crippen molar-refractivity contribution in [3.63, 3.8) is 0 Å². The van der Waals surface area contributed by atoms with Crippen molar-refractivity contribution in [3.05, 3.63) is 11.6 Å². The minimum atomic E-state index is -0.972. The van der Waals surface area contributed by atoms with E-state index in [1.807, 2.05) is 54.5 Å². The van der Waals surface area contributed by atoms with E-state index in [1.54, 1.807) is 0 Å². The van der Waals surface area contributed by atoms with Gasteiger partial charge in [0.05, 0.1) is 13.2 Å². The summed E-state index contributed by atoms with van der Waals surface area (Å²) in [7, 11) is 0. The Labute approximate surface area is 111 Å². The van der Waals surface area contributed by atoms with E-state index in [1.165, 1.54) is 0 Å². The largest absolute Gasteiger partial charge is 0.465 e. The molecule has 0 aromatic carbocycles. The van der Waals surface area contributed by atoms with Gasteiger partial charge in [0.15, 0.2) is 0 Å². The lowest BCUT2D eigenvalue weighted by Gasteiger charge is -2.39. The fourth-order valence-corrected chi connectivity index (χ4v) is 1.79. The third kappa shape index (κ3) is 4.13. The van der Waals surface area contributed by atoms with E-state index in [2.05, 4.69) is 0 Å². The van der Waals surface area contributed by atoms with Crippen LogP contribution in [0, 0.1) is 16.7 Å².